The van der Waals surface area contributed by atoms with Crippen LogP contribution in [0.5, 0.6) is 5.75 Å². The topological polar surface area (TPSA) is 21.3 Å². The highest BCUT2D eigenvalue weighted by Crippen LogP contribution is 2.30. The van der Waals surface area contributed by atoms with Crippen LogP contribution in [0.1, 0.15) is 31.7 Å². The SMILES string of the molecule is CCCCCNCC1Cc2cc(Cl)ccc2O1. The summed E-state index contributed by atoms with van der Waals surface area (Å²) in [6.07, 6.45) is 5.06. The fourth-order valence-corrected chi connectivity index (χ4v) is 2.36. The zero-order valence-electron chi connectivity index (χ0n) is 10.3. The van der Waals surface area contributed by atoms with Crippen LogP contribution in [-0.4, -0.2) is 19.2 Å². The predicted octanol–water partition coefficient (Wildman–Crippen LogP) is 3.42. The van der Waals surface area contributed by atoms with E-state index in [1.807, 2.05) is 18.2 Å². The van der Waals surface area contributed by atoms with Crippen molar-refractivity contribution in [3.05, 3.63) is 28.8 Å². The van der Waals surface area contributed by atoms with Gasteiger partial charge in [-0.2, -0.15) is 0 Å². The van der Waals surface area contributed by atoms with Crippen LogP contribution in [0.2, 0.25) is 5.02 Å². The second-order valence-corrected chi connectivity index (χ2v) is 5.04. The minimum atomic E-state index is 0.269. The minimum absolute atomic E-state index is 0.269. The van der Waals surface area contributed by atoms with Crippen molar-refractivity contribution in [1.82, 2.24) is 5.32 Å². The van der Waals surface area contributed by atoms with Crippen molar-refractivity contribution in [1.29, 1.82) is 0 Å². The highest BCUT2D eigenvalue weighted by molar-refractivity contribution is 6.30. The largest absolute Gasteiger partial charge is 0.488 e. The molecule has 0 aliphatic carbocycles. The van der Waals surface area contributed by atoms with E-state index < -0.39 is 0 Å². The molecule has 1 aliphatic heterocycles. The maximum Gasteiger partial charge on any atom is 0.123 e. The molecule has 2 nitrogen and oxygen atoms in total. The second-order valence-electron chi connectivity index (χ2n) is 4.61. The molecular weight excluding hydrogens is 234 g/mol. The lowest BCUT2D eigenvalue weighted by Crippen LogP contribution is -2.30. The van der Waals surface area contributed by atoms with Crippen molar-refractivity contribution in [3.8, 4) is 5.75 Å². The van der Waals surface area contributed by atoms with Gasteiger partial charge in [-0.3, -0.25) is 0 Å². The summed E-state index contributed by atoms with van der Waals surface area (Å²) in [6, 6.07) is 5.86. The summed E-state index contributed by atoms with van der Waals surface area (Å²) in [4.78, 5) is 0. The quantitative estimate of drug-likeness (QED) is 0.785. The molecule has 17 heavy (non-hydrogen) atoms. The normalized spacial score (nSPS) is 17.9. The number of rotatable bonds is 6. The molecule has 0 amide bonds. The summed E-state index contributed by atoms with van der Waals surface area (Å²) in [7, 11) is 0. The van der Waals surface area contributed by atoms with Gasteiger partial charge in [-0.05, 0) is 36.7 Å². The summed E-state index contributed by atoms with van der Waals surface area (Å²) >= 11 is 5.96. The molecule has 2 rings (SSSR count). The molecule has 0 fully saturated rings. The Hall–Kier alpha value is -0.730. The molecule has 1 aromatic rings. The molecule has 0 radical (unpaired) electrons. The zero-order valence-corrected chi connectivity index (χ0v) is 11.1. The average molecular weight is 254 g/mol. The molecule has 0 bridgehead atoms. The third-order valence-electron chi connectivity index (χ3n) is 3.09. The highest BCUT2D eigenvalue weighted by atomic mass is 35.5. The number of nitrogens with one attached hydrogen (secondary N) is 1. The molecule has 1 N–H and O–H groups in total. The van der Waals surface area contributed by atoms with Crippen LogP contribution in [0.4, 0.5) is 0 Å². The maximum absolute atomic E-state index is 5.96. The first-order valence-electron chi connectivity index (χ1n) is 6.45. The van der Waals surface area contributed by atoms with Gasteiger partial charge in [0.25, 0.3) is 0 Å². The van der Waals surface area contributed by atoms with Crippen LogP contribution in [0.3, 0.4) is 0 Å². The van der Waals surface area contributed by atoms with Crippen molar-refractivity contribution >= 4 is 11.6 Å². The van der Waals surface area contributed by atoms with E-state index in [0.717, 1.165) is 30.3 Å². The molecule has 1 aromatic carbocycles. The van der Waals surface area contributed by atoms with E-state index in [9.17, 15) is 0 Å². The lowest BCUT2D eigenvalue weighted by atomic mass is 10.1. The Kier molecular flexibility index (Phi) is 4.69. The summed E-state index contributed by atoms with van der Waals surface area (Å²) in [5.41, 5.74) is 1.23. The van der Waals surface area contributed by atoms with Gasteiger partial charge >= 0.3 is 0 Å². The summed E-state index contributed by atoms with van der Waals surface area (Å²) < 4.78 is 5.85. The average Bonchev–Trinajstić information content (AvgIpc) is 2.70. The first kappa shape index (κ1) is 12.7. The van der Waals surface area contributed by atoms with Gasteiger partial charge in [0.2, 0.25) is 0 Å². The van der Waals surface area contributed by atoms with Crippen molar-refractivity contribution in [2.45, 2.75) is 38.7 Å². The first-order chi connectivity index (χ1) is 8.29. The van der Waals surface area contributed by atoms with Crippen molar-refractivity contribution in [3.63, 3.8) is 0 Å². The predicted molar refractivity (Wildman–Crippen MR) is 72.0 cm³/mol. The van der Waals surface area contributed by atoms with E-state index in [1.165, 1.54) is 24.8 Å². The van der Waals surface area contributed by atoms with Gasteiger partial charge in [0.15, 0.2) is 0 Å². The Morgan fingerprint density at radius 3 is 3.12 bits per heavy atom. The molecule has 1 aliphatic rings. The van der Waals surface area contributed by atoms with Crippen LogP contribution in [0.25, 0.3) is 0 Å². The Morgan fingerprint density at radius 2 is 2.29 bits per heavy atom. The van der Waals surface area contributed by atoms with Crippen molar-refractivity contribution in [2.75, 3.05) is 13.1 Å². The molecule has 1 atom stereocenters. The fourth-order valence-electron chi connectivity index (χ4n) is 2.17. The molecular formula is C14H20ClNO. The van der Waals surface area contributed by atoms with Crippen LogP contribution in [-0.2, 0) is 6.42 Å². The van der Waals surface area contributed by atoms with Crippen LogP contribution in [0, 0.1) is 0 Å². The Bertz CT molecular complexity index is 367. The zero-order chi connectivity index (χ0) is 12.1. The number of hydrogen-bond acceptors (Lipinski definition) is 2. The van der Waals surface area contributed by atoms with Gasteiger partial charge in [-0.15, -0.1) is 0 Å². The lowest BCUT2D eigenvalue weighted by Gasteiger charge is -2.11. The Morgan fingerprint density at radius 1 is 1.41 bits per heavy atom. The van der Waals surface area contributed by atoms with E-state index in [2.05, 4.69) is 12.2 Å². The molecule has 0 aromatic heterocycles. The van der Waals surface area contributed by atoms with Crippen molar-refractivity contribution in [2.24, 2.45) is 0 Å². The Labute approximate surface area is 108 Å². The first-order valence-corrected chi connectivity index (χ1v) is 6.83. The van der Waals surface area contributed by atoms with E-state index in [4.69, 9.17) is 16.3 Å². The molecule has 0 saturated heterocycles. The summed E-state index contributed by atoms with van der Waals surface area (Å²) in [5.74, 6) is 0.995. The number of ether oxygens (including phenoxy) is 1. The van der Waals surface area contributed by atoms with E-state index in [0.29, 0.717) is 0 Å². The third kappa shape index (κ3) is 3.62. The lowest BCUT2D eigenvalue weighted by molar-refractivity contribution is 0.227. The molecule has 0 spiro atoms. The van der Waals surface area contributed by atoms with Gasteiger partial charge in [0.1, 0.15) is 11.9 Å². The van der Waals surface area contributed by atoms with E-state index >= 15 is 0 Å². The number of halogens is 1. The van der Waals surface area contributed by atoms with E-state index in [-0.39, 0.29) is 6.10 Å². The van der Waals surface area contributed by atoms with Crippen LogP contribution >= 0.6 is 11.6 Å². The van der Waals surface area contributed by atoms with Crippen LogP contribution in [0.15, 0.2) is 18.2 Å². The van der Waals surface area contributed by atoms with Gasteiger partial charge in [-0.25, -0.2) is 0 Å². The Balaban J connectivity index is 1.73. The molecule has 1 unspecified atom stereocenters. The standard InChI is InChI=1S/C14H20ClNO/c1-2-3-4-7-16-10-13-9-11-8-12(15)5-6-14(11)17-13/h5-6,8,13,16H,2-4,7,9-10H2,1H3. The summed E-state index contributed by atoms with van der Waals surface area (Å²) in [5, 5.41) is 4.25. The molecule has 3 heteroatoms. The smallest absolute Gasteiger partial charge is 0.123 e. The van der Waals surface area contributed by atoms with Gasteiger partial charge in [0, 0.05) is 18.0 Å². The van der Waals surface area contributed by atoms with Gasteiger partial charge in [-0.1, -0.05) is 31.4 Å². The molecule has 94 valence electrons. The monoisotopic (exact) mass is 253 g/mol. The second kappa shape index (κ2) is 6.27. The number of hydrogen-bond donors (Lipinski definition) is 1. The minimum Gasteiger partial charge on any atom is -0.488 e. The molecule has 0 saturated carbocycles. The molecule has 1 heterocycles. The fraction of sp³-hybridized carbons (Fsp3) is 0.571. The maximum atomic E-state index is 5.96. The highest BCUT2D eigenvalue weighted by Gasteiger charge is 2.22. The summed E-state index contributed by atoms with van der Waals surface area (Å²) in [6.45, 7) is 4.24. The number of benzene rings is 1. The van der Waals surface area contributed by atoms with Gasteiger partial charge < -0.3 is 10.1 Å². The third-order valence-corrected chi connectivity index (χ3v) is 3.33. The van der Waals surface area contributed by atoms with Gasteiger partial charge in [0.05, 0.1) is 0 Å². The van der Waals surface area contributed by atoms with Crippen LogP contribution < -0.4 is 10.1 Å². The number of fused-ring (bicyclic) bond motifs is 1. The number of unbranched alkanes of at least 4 members (excludes halogenated alkanes) is 2. The van der Waals surface area contributed by atoms with E-state index in [1.54, 1.807) is 0 Å². The van der Waals surface area contributed by atoms with Crippen molar-refractivity contribution < 1.29 is 4.74 Å².